The standard InChI is InChI=1S/C16H18ClNO2/c1-18-12-13-4-2-3-5-16(13)20-11-10-19-15-8-6-14(17)7-9-15/h2-9,18H,10-12H2,1H3. The summed E-state index contributed by atoms with van der Waals surface area (Å²) in [5, 5.41) is 3.83. The van der Waals surface area contributed by atoms with Crippen molar-refractivity contribution in [1.82, 2.24) is 5.32 Å². The van der Waals surface area contributed by atoms with Crippen molar-refractivity contribution >= 4 is 11.6 Å². The maximum atomic E-state index is 5.81. The Morgan fingerprint density at radius 1 is 0.950 bits per heavy atom. The van der Waals surface area contributed by atoms with Gasteiger partial charge in [-0.15, -0.1) is 0 Å². The highest BCUT2D eigenvalue weighted by molar-refractivity contribution is 6.30. The molecule has 0 saturated carbocycles. The molecule has 3 nitrogen and oxygen atoms in total. The molecule has 0 bridgehead atoms. The largest absolute Gasteiger partial charge is 0.490 e. The van der Waals surface area contributed by atoms with Crippen LogP contribution in [0.3, 0.4) is 0 Å². The Balaban J connectivity index is 1.79. The molecule has 2 aromatic carbocycles. The van der Waals surface area contributed by atoms with Crippen molar-refractivity contribution in [2.75, 3.05) is 20.3 Å². The third-order valence-corrected chi connectivity index (χ3v) is 3.02. The lowest BCUT2D eigenvalue weighted by atomic mass is 10.2. The van der Waals surface area contributed by atoms with Gasteiger partial charge in [-0.1, -0.05) is 29.8 Å². The minimum atomic E-state index is 0.496. The summed E-state index contributed by atoms with van der Waals surface area (Å²) in [6.45, 7) is 1.78. The van der Waals surface area contributed by atoms with Crippen molar-refractivity contribution < 1.29 is 9.47 Å². The topological polar surface area (TPSA) is 30.5 Å². The highest BCUT2D eigenvalue weighted by Gasteiger charge is 2.01. The molecule has 20 heavy (non-hydrogen) atoms. The minimum absolute atomic E-state index is 0.496. The SMILES string of the molecule is CNCc1ccccc1OCCOc1ccc(Cl)cc1. The summed E-state index contributed by atoms with van der Waals surface area (Å²) >= 11 is 5.81. The van der Waals surface area contributed by atoms with Crippen molar-refractivity contribution in [1.29, 1.82) is 0 Å². The van der Waals surface area contributed by atoms with Gasteiger partial charge in [0.05, 0.1) is 0 Å². The van der Waals surface area contributed by atoms with Crippen LogP contribution in [0.4, 0.5) is 0 Å². The lowest BCUT2D eigenvalue weighted by molar-refractivity contribution is 0.216. The fourth-order valence-electron chi connectivity index (χ4n) is 1.82. The van der Waals surface area contributed by atoms with Gasteiger partial charge in [0.1, 0.15) is 24.7 Å². The number of halogens is 1. The number of hydrogen-bond acceptors (Lipinski definition) is 3. The Bertz CT molecular complexity index is 528. The molecular formula is C16H18ClNO2. The van der Waals surface area contributed by atoms with E-state index in [-0.39, 0.29) is 0 Å². The number of para-hydroxylation sites is 1. The van der Waals surface area contributed by atoms with Gasteiger partial charge in [-0.05, 0) is 37.4 Å². The first kappa shape index (κ1) is 14.7. The van der Waals surface area contributed by atoms with Crippen LogP contribution in [-0.4, -0.2) is 20.3 Å². The van der Waals surface area contributed by atoms with Gasteiger partial charge in [-0.2, -0.15) is 0 Å². The quantitative estimate of drug-likeness (QED) is 0.792. The molecule has 0 aliphatic carbocycles. The predicted molar refractivity (Wildman–Crippen MR) is 81.6 cm³/mol. The van der Waals surface area contributed by atoms with E-state index < -0.39 is 0 Å². The van der Waals surface area contributed by atoms with Crippen LogP contribution in [-0.2, 0) is 6.54 Å². The van der Waals surface area contributed by atoms with Crippen molar-refractivity contribution in [3.8, 4) is 11.5 Å². The van der Waals surface area contributed by atoms with Gasteiger partial charge in [0, 0.05) is 17.1 Å². The molecule has 0 radical (unpaired) electrons. The van der Waals surface area contributed by atoms with Gasteiger partial charge in [-0.3, -0.25) is 0 Å². The van der Waals surface area contributed by atoms with Crippen LogP contribution in [0.1, 0.15) is 5.56 Å². The maximum absolute atomic E-state index is 5.81. The molecule has 106 valence electrons. The Hall–Kier alpha value is -1.71. The minimum Gasteiger partial charge on any atom is -0.490 e. The Kier molecular flexibility index (Phi) is 5.71. The molecule has 0 amide bonds. The first-order valence-corrected chi connectivity index (χ1v) is 6.91. The number of rotatable bonds is 7. The predicted octanol–water partition coefficient (Wildman–Crippen LogP) is 3.52. The van der Waals surface area contributed by atoms with Crippen LogP contribution in [0, 0.1) is 0 Å². The number of benzene rings is 2. The normalized spacial score (nSPS) is 10.3. The van der Waals surface area contributed by atoms with E-state index in [4.69, 9.17) is 21.1 Å². The molecule has 0 atom stereocenters. The molecule has 0 aromatic heterocycles. The van der Waals surface area contributed by atoms with Crippen LogP contribution < -0.4 is 14.8 Å². The average Bonchev–Trinajstić information content (AvgIpc) is 2.47. The molecule has 4 heteroatoms. The van der Waals surface area contributed by atoms with Crippen molar-refractivity contribution in [3.05, 3.63) is 59.1 Å². The van der Waals surface area contributed by atoms with Gasteiger partial charge in [0.15, 0.2) is 0 Å². The monoisotopic (exact) mass is 291 g/mol. The Morgan fingerprint density at radius 2 is 1.65 bits per heavy atom. The molecule has 2 rings (SSSR count). The summed E-state index contributed by atoms with van der Waals surface area (Å²) in [7, 11) is 1.92. The zero-order valence-corrected chi connectivity index (χ0v) is 12.2. The van der Waals surface area contributed by atoms with Gasteiger partial charge in [-0.25, -0.2) is 0 Å². The summed E-state index contributed by atoms with van der Waals surface area (Å²) in [6.07, 6.45) is 0. The molecule has 0 heterocycles. The van der Waals surface area contributed by atoms with Crippen LogP contribution >= 0.6 is 11.6 Å². The molecule has 0 saturated heterocycles. The fraction of sp³-hybridized carbons (Fsp3) is 0.250. The fourth-order valence-corrected chi connectivity index (χ4v) is 1.95. The number of nitrogens with one attached hydrogen (secondary N) is 1. The van der Waals surface area contributed by atoms with E-state index in [1.54, 1.807) is 12.1 Å². The van der Waals surface area contributed by atoms with Crippen molar-refractivity contribution in [3.63, 3.8) is 0 Å². The third kappa shape index (κ3) is 4.44. The van der Waals surface area contributed by atoms with E-state index in [1.165, 1.54) is 0 Å². The first-order chi connectivity index (χ1) is 9.79. The second-order valence-corrected chi connectivity index (χ2v) is 4.73. The van der Waals surface area contributed by atoms with E-state index in [0.29, 0.717) is 18.2 Å². The van der Waals surface area contributed by atoms with Crippen LogP contribution in [0.15, 0.2) is 48.5 Å². The highest BCUT2D eigenvalue weighted by atomic mass is 35.5. The lowest BCUT2D eigenvalue weighted by Crippen LogP contribution is -2.12. The average molecular weight is 292 g/mol. The number of ether oxygens (including phenoxy) is 2. The Morgan fingerprint density at radius 3 is 2.40 bits per heavy atom. The highest BCUT2D eigenvalue weighted by Crippen LogP contribution is 2.18. The van der Waals surface area contributed by atoms with E-state index in [9.17, 15) is 0 Å². The molecule has 0 unspecified atom stereocenters. The summed E-state index contributed by atoms with van der Waals surface area (Å²) < 4.78 is 11.3. The van der Waals surface area contributed by atoms with Crippen LogP contribution in [0.25, 0.3) is 0 Å². The smallest absolute Gasteiger partial charge is 0.123 e. The first-order valence-electron chi connectivity index (χ1n) is 6.53. The number of hydrogen-bond donors (Lipinski definition) is 1. The summed E-state index contributed by atoms with van der Waals surface area (Å²) in [6, 6.07) is 15.3. The third-order valence-electron chi connectivity index (χ3n) is 2.76. The maximum Gasteiger partial charge on any atom is 0.123 e. The van der Waals surface area contributed by atoms with E-state index in [0.717, 1.165) is 23.6 Å². The van der Waals surface area contributed by atoms with Crippen molar-refractivity contribution in [2.45, 2.75) is 6.54 Å². The summed E-state index contributed by atoms with van der Waals surface area (Å²) in [4.78, 5) is 0. The molecule has 1 N–H and O–H groups in total. The summed E-state index contributed by atoms with van der Waals surface area (Å²) in [5.74, 6) is 1.68. The van der Waals surface area contributed by atoms with E-state index in [1.807, 2.05) is 43.4 Å². The molecule has 0 aliphatic rings. The second kappa shape index (κ2) is 7.78. The van der Waals surface area contributed by atoms with Gasteiger partial charge < -0.3 is 14.8 Å². The van der Waals surface area contributed by atoms with Gasteiger partial charge >= 0.3 is 0 Å². The molecule has 0 spiro atoms. The van der Waals surface area contributed by atoms with Crippen LogP contribution in [0.2, 0.25) is 5.02 Å². The van der Waals surface area contributed by atoms with Gasteiger partial charge in [0.25, 0.3) is 0 Å². The van der Waals surface area contributed by atoms with Crippen molar-refractivity contribution in [2.24, 2.45) is 0 Å². The second-order valence-electron chi connectivity index (χ2n) is 4.29. The van der Waals surface area contributed by atoms with E-state index >= 15 is 0 Å². The lowest BCUT2D eigenvalue weighted by Gasteiger charge is -2.12. The molecule has 0 aliphatic heterocycles. The zero-order valence-electron chi connectivity index (χ0n) is 11.4. The van der Waals surface area contributed by atoms with E-state index in [2.05, 4.69) is 5.32 Å². The van der Waals surface area contributed by atoms with Gasteiger partial charge in [0.2, 0.25) is 0 Å². The summed E-state index contributed by atoms with van der Waals surface area (Å²) in [5.41, 5.74) is 1.14. The zero-order chi connectivity index (χ0) is 14.2. The molecular weight excluding hydrogens is 274 g/mol. The molecule has 0 fully saturated rings. The Labute approximate surface area is 124 Å². The molecule has 2 aromatic rings. The van der Waals surface area contributed by atoms with Crippen LogP contribution in [0.5, 0.6) is 11.5 Å².